The summed E-state index contributed by atoms with van der Waals surface area (Å²) in [6.07, 6.45) is 7.92. The Bertz CT molecular complexity index is 443. The first-order valence-electron chi connectivity index (χ1n) is 7.91. The highest BCUT2D eigenvalue weighted by Gasteiger charge is 2.34. The van der Waals surface area contributed by atoms with Gasteiger partial charge < -0.3 is 10.1 Å². The Balaban J connectivity index is 1.47. The van der Waals surface area contributed by atoms with E-state index in [1.54, 1.807) is 10.9 Å². The first-order chi connectivity index (χ1) is 10.3. The van der Waals surface area contributed by atoms with Crippen LogP contribution in [0.4, 0.5) is 0 Å². The number of nitrogens with zero attached hydrogens (tertiary/aromatic N) is 3. The minimum atomic E-state index is 0.0861. The number of hydrogen-bond donors (Lipinski definition) is 1. The maximum atomic E-state index is 12.1. The molecule has 0 aromatic carbocycles. The largest absolute Gasteiger partial charge is 0.378 e. The third-order valence-corrected chi connectivity index (χ3v) is 4.38. The molecule has 6 nitrogen and oxygen atoms in total. The van der Waals surface area contributed by atoms with Crippen LogP contribution in [-0.2, 0) is 16.1 Å². The Morgan fingerprint density at radius 2 is 2.14 bits per heavy atom. The lowest BCUT2D eigenvalue weighted by Crippen LogP contribution is -2.52. The van der Waals surface area contributed by atoms with Crippen LogP contribution in [0.25, 0.3) is 0 Å². The molecule has 0 saturated carbocycles. The van der Waals surface area contributed by atoms with Crippen LogP contribution >= 0.6 is 0 Å². The first kappa shape index (κ1) is 14.5. The van der Waals surface area contributed by atoms with E-state index in [1.807, 2.05) is 12.3 Å². The van der Waals surface area contributed by atoms with Gasteiger partial charge in [0.05, 0.1) is 25.3 Å². The van der Waals surface area contributed by atoms with Gasteiger partial charge in [-0.1, -0.05) is 6.42 Å². The molecule has 21 heavy (non-hydrogen) atoms. The predicted octanol–water partition coefficient (Wildman–Crippen LogP) is 0.643. The van der Waals surface area contributed by atoms with Crippen molar-refractivity contribution in [3.63, 3.8) is 0 Å². The molecule has 2 aliphatic heterocycles. The third-order valence-electron chi connectivity index (χ3n) is 4.38. The molecule has 116 valence electrons. The van der Waals surface area contributed by atoms with Crippen molar-refractivity contribution in [2.75, 3.05) is 26.3 Å². The van der Waals surface area contributed by atoms with Crippen molar-refractivity contribution < 1.29 is 9.53 Å². The summed E-state index contributed by atoms with van der Waals surface area (Å²) in [4.78, 5) is 14.6. The number of likely N-dealkylation sites (tertiary alicyclic amines) is 1. The lowest BCUT2D eigenvalue weighted by Gasteiger charge is -2.34. The van der Waals surface area contributed by atoms with E-state index in [1.165, 1.54) is 19.3 Å². The van der Waals surface area contributed by atoms with Gasteiger partial charge in [0.1, 0.15) is 0 Å². The van der Waals surface area contributed by atoms with E-state index in [9.17, 15) is 4.79 Å². The number of hydrogen-bond acceptors (Lipinski definition) is 4. The molecule has 3 rings (SSSR count). The van der Waals surface area contributed by atoms with Gasteiger partial charge in [-0.05, 0) is 32.0 Å². The molecule has 0 aliphatic carbocycles. The van der Waals surface area contributed by atoms with E-state index in [-0.39, 0.29) is 11.9 Å². The first-order valence-corrected chi connectivity index (χ1v) is 7.91. The van der Waals surface area contributed by atoms with E-state index in [0.717, 1.165) is 19.7 Å². The van der Waals surface area contributed by atoms with Crippen LogP contribution in [0.5, 0.6) is 0 Å². The van der Waals surface area contributed by atoms with Crippen molar-refractivity contribution in [2.24, 2.45) is 0 Å². The van der Waals surface area contributed by atoms with E-state index in [2.05, 4.69) is 15.3 Å². The normalized spacial score (nSPS) is 26.9. The van der Waals surface area contributed by atoms with Crippen LogP contribution in [-0.4, -0.2) is 59.0 Å². The Morgan fingerprint density at radius 3 is 2.90 bits per heavy atom. The van der Waals surface area contributed by atoms with Gasteiger partial charge in [0.25, 0.3) is 0 Å². The number of aryl methyl sites for hydroxylation is 1. The summed E-state index contributed by atoms with van der Waals surface area (Å²) in [6.45, 7) is 4.26. The van der Waals surface area contributed by atoms with E-state index >= 15 is 0 Å². The summed E-state index contributed by atoms with van der Waals surface area (Å²) in [5, 5.41) is 7.25. The van der Waals surface area contributed by atoms with Gasteiger partial charge in [0.2, 0.25) is 5.91 Å². The zero-order valence-electron chi connectivity index (χ0n) is 12.4. The molecule has 2 aliphatic rings. The minimum absolute atomic E-state index is 0.0861. The Labute approximate surface area is 125 Å². The monoisotopic (exact) mass is 292 g/mol. The number of carbonyl (C=O) groups excluding carboxylic acids is 1. The Hall–Kier alpha value is -1.40. The van der Waals surface area contributed by atoms with Crippen molar-refractivity contribution in [3.05, 3.63) is 18.5 Å². The predicted molar refractivity (Wildman–Crippen MR) is 78.8 cm³/mol. The fourth-order valence-electron chi connectivity index (χ4n) is 3.22. The summed E-state index contributed by atoms with van der Waals surface area (Å²) in [7, 11) is 0. The van der Waals surface area contributed by atoms with Gasteiger partial charge in [0, 0.05) is 25.4 Å². The number of amides is 1. The maximum Gasteiger partial charge on any atom is 0.222 e. The van der Waals surface area contributed by atoms with Crippen molar-refractivity contribution in [1.29, 1.82) is 0 Å². The fourth-order valence-corrected chi connectivity index (χ4v) is 3.22. The number of aromatic nitrogens is 2. The van der Waals surface area contributed by atoms with Gasteiger partial charge >= 0.3 is 0 Å². The summed E-state index contributed by atoms with van der Waals surface area (Å²) < 4.78 is 7.38. The quantitative estimate of drug-likeness (QED) is 0.865. The Morgan fingerprint density at radius 1 is 1.29 bits per heavy atom. The number of nitrogens with one attached hydrogen (secondary N) is 1. The SMILES string of the molecule is O=C(CCn1cccn1)N[C@H]1COC[C@@H]1N1CCCCC1. The Kier molecular flexibility index (Phi) is 4.87. The number of rotatable bonds is 5. The van der Waals surface area contributed by atoms with Crippen LogP contribution in [0.2, 0.25) is 0 Å². The second kappa shape index (κ2) is 7.04. The second-order valence-corrected chi connectivity index (χ2v) is 5.89. The molecule has 1 N–H and O–H groups in total. The highest BCUT2D eigenvalue weighted by Crippen LogP contribution is 2.19. The molecule has 2 saturated heterocycles. The molecule has 0 radical (unpaired) electrons. The molecule has 1 aromatic rings. The van der Waals surface area contributed by atoms with Gasteiger partial charge in [-0.15, -0.1) is 0 Å². The molecular formula is C15H24N4O2. The average Bonchev–Trinajstić information content (AvgIpc) is 3.17. The molecular weight excluding hydrogens is 268 g/mol. The van der Waals surface area contributed by atoms with E-state index < -0.39 is 0 Å². The minimum Gasteiger partial charge on any atom is -0.378 e. The number of piperidine rings is 1. The smallest absolute Gasteiger partial charge is 0.222 e. The lowest BCUT2D eigenvalue weighted by molar-refractivity contribution is -0.122. The molecule has 0 spiro atoms. The maximum absolute atomic E-state index is 12.1. The van der Waals surface area contributed by atoms with Gasteiger partial charge in [-0.2, -0.15) is 5.10 Å². The molecule has 0 unspecified atom stereocenters. The molecule has 2 fully saturated rings. The van der Waals surface area contributed by atoms with Crippen molar-refractivity contribution in [1.82, 2.24) is 20.0 Å². The molecule has 6 heteroatoms. The average molecular weight is 292 g/mol. The molecule has 1 amide bonds. The van der Waals surface area contributed by atoms with Crippen LogP contribution in [0.1, 0.15) is 25.7 Å². The zero-order valence-corrected chi connectivity index (χ0v) is 12.4. The van der Waals surface area contributed by atoms with E-state index in [4.69, 9.17) is 4.74 Å². The van der Waals surface area contributed by atoms with Gasteiger partial charge in [-0.3, -0.25) is 14.4 Å². The van der Waals surface area contributed by atoms with Crippen LogP contribution in [0.15, 0.2) is 18.5 Å². The third kappa shape index (κ3) is 3.83. The van der Waals surface area contributed by atoms with E-state index in [0.29, 0.717) is 25.6 Å². The van der Waals surface area contributed by atoms with Crippen molar-refractivity contribution >= 4 is 5.91 Å². The molecule has 0 bridgehead atoms. The van der Waals surface area contributed by atoms with Crippen LogP contribution in [0, 0.1) is 0 Å². The van der Waals surface area contributed by atoms with Gasteiger partial charge in [-0.25, -0.2) is 0 Å². The molecule has 2 atom stereocenters. The van der Waals surface area contributed by atoms with Crippen LogP contribution < -0.4 is 5.32 Å². The highest BCUT2D eigenvalue weighted by atomic mass is 16.5. The summed E-state index contributed by atoms with van der Waals surface area (Å²) in [6, 6.07) is 2.35. The van der Waals surface area contributed by atoms with Crippen molar-refractivity contribution in [2.45, 2.75) is 44.3 Å². The number of carbonyl (C=O) groups is 1. The fraction of sp³-hybridized carbons (Fsp3) is 0.733. The topological polar surface area (TPSA) is 59.4 Å². The second-order valence-electron chi connectivity index (χ2n) is 5.89. The zero-order chi connectivity index (χ0) is 14.5. The number of ether oxygens (including phenoxy) is 1. The molecule has 1 aromatic heterocycles. The standard InChI is InChI=1S/C15H24N4O2/c20-15(5-10-19-9-4-6-16-19)17-13-11-21-12-14(13)18-7-2-1-3-8-18/h4,6,9,13-14H,1-3,5,7-8,10-12H2,(H,17,20)/t13-,14-/m0/s1. The van der Waals surface area contributed by atoms with Gasteiger partial charge in [0.15, 0.2) is 0 Å². The van der Waals surface area contributed by atoms with Crippen molar-refractivity contribution in [3.8, 4) is 0 Å². The summed E-state index contributed by atoms with van der Waals surface area (Å²) >= 11 is 0. The van der Waals surface area contributed by atoms with Crippen LogP contribution in [0.3, 0.4) is 0 Å². The summed E-state index contributed by atoms with van der Waals surface area (Å²) in [5.74, 6) is 0.0861. The molecule has 3 heterocycles. The highest BCUT2D eigenvalue weighted by molar-refractivity contribution is 5.76. The summed E-state index contributed by atoms with van der Waals surface area (Å²) in [5.41, 5.74) is 0. The lowest BCUT2D eigenvalue weighted by atomic mass is 10.0.